The monoisotopic (exact) mass is 395 g/mol. The Balaban J connectivity index is 1.99. The fraction of sp³-hybridized carbons (Fsp3) is 0.118. The molecule has 1 aromatic heterocycles. The third-order valence-electron chi connectivity index (χ3n) is 3.47. The van der Waals surface area contributed by atoms with Crippen LogP contribution < -0.4 is 4.74 Å². The van der Waals surface area contributed by atoms with Crippen LogP contribution in [0.2, 0.25) is 15.1 Å². The highest BCUT2D eigenvalue weighted by molar-refractivity contribution is 6.37. The normalized spacial score (nSPS) is 12.0. The van der Waals surface area contributed by atoms with Crippen LogP contribution in [0.1, 0.15) is 22.1 Å². The summed E-state index contributed by atoms with van der Waals surface area (Å²) in [6, 6.07) is 9.76. The Hall–Kier alpha value is -2.08. The summed E-state index contributed by atoms with van der Waals surface area (Å²) >= 11 is 18.0. The van der Waals surface area contributed by atoms with Crippen LogP contribution in [0.5, 0.6) is 5.75 Å². The van der Waals surface area contributed by atoms with E-state index in [4.69, 9.17) is 39.5 Å². The maximum Gasteiger partial charge on any atom is 0.256 e. The van der Waals surface area contributed by atoms with Crippen molar-refractivity contribution in [2.24, 2.45) is 0 Å². The Morgan fingerprint density at radius 3 is 2.48 bits per heavy atom. The predicted octanol–water partition coefficient (Wildman–Crippen LogP) is 5.01. The Kier molecular flexibility index (Phi) is 5.27. The summed E-state index contributed by atoms with van der Waals surface area (Å²) in [4.78, 5) is 16.9. The zero-order valence-electron chi connectivity index (χ0n) is 13.0. The Morgan fingerprint density at radius 1 is 1.12 bits per heavy atom. The van der Waals surface area contributed by atoms with Gasteiger partial charge in [-0.25, -0.2) is 9.67 Å². The number of aromatic nitrogens is 3. The van der Waals surface area contributed by atoms with Crippen LogP contribution in [-0.2, 0) is 0 Å². The molecule has 0 saturated heterocycles. The van der Waals surface area contributed by atoms with Gasteiger partial charge in [-0.05, 0) is 48.9 Å². The highest BCUT2D eigenvalue weighted by Crippen LogP contribution is 2.29. The second kappa shape index (κ2) is 7.44. The third-order valence-corrected chi connectivity index (χ3v) is 4.26. The molecule has 0 bridgehead atoms. The minimum absolute atomic E-state index is 0.235. The number of rotatable bonds is 5. The molecule has 0 saturated carbocycles. The van der Waals surface area contributed by atoms with Gasteiger partial charge in [-0.3, -0.25) is 4.79 Å². The number of carbonyl (C=O) groups is 1. The number of hydrogen-bond acceptors (Lipinski definition) is 4. The lowest BCUT2D eigenvalue weighted by molar-refractivity contribution is 0.0617. The molecule has 0 aliphatic heterocycles. The van der Waals surface area contributed by atoms with Gasteiger partial charge in [0.15, 0.2) is 0 Å². The lowest BCUT2D eigenvalue weighted by atomic mass is 10.1. The fourth-order valence-corrected chi connectivity index (χ4v) is 2.98. The molecule has 1 unspecified atom stereocenters. The first-order valence-electron chi connectivity index (χ1n) is 7.22. The van der Waals surface area contributed by atoms with Crippen molar-refractivity contribution in [2.75, 3.05) is 0 Å². The van der Waals surface area contributed by atoms with E-state index in [1.165, 1.54) is 23.4 Å². The van der Waals surface area contributed by atoms with Gasteiger partial charge >= 0.3 is 0 Å². The SMILES string of the molecule is Cc1cc(Cl)ccc1OC(C(=O)c1ccc(Cl)cc1Cl)n1cncn1. The van der Waals surface area contributed by atoms with E-state index in [0.29, 0.717) is 15.8 Å². The molecule has 0 spiro atoms. The highest BCUT2D eigenvalue weighted by Gasteiger charge is 2.27. The average molecular weight is 397 g/mol. The summed E-state index contributed by atoms with van der Waals surface area (Å²) in [5.74, 6) is 0.129. The summed E-state index contributed by atoms with van der Waals surface area (Å²) in [5, 5.41) is 5.27. The molecule has 128 valence electrons. The smallest absolute Gasteiger partial charge is 0.256 e. The molecule has 0 fully saturated rings. The molecule has 5 nitrogen and oxygen atoms in total. The zero-order chi connectivity index (χ0) is 18.0. The van der Waals surface area contributed by atoms with E-state index in [9.17, 15) is 4.79 Å². The summed E-state index contributed by atoms with van der Waals surface area (Å²) < 4.78 is 7.23. The zero-order valence-corrected chi connectivity index (χ0v) is 15.3. The molecular weight excluding hydrogens is 385 g/mol. The molecule has 0 N–H and O–H groups in total. The van der Waals surface area contributed by atoms with E-state index in [0.717, 1.165) is 5.56 Å². The predicted molar refractivity (Wildman–Crippen MR) is 96.7 cm³/mol. The van der Waals surface area contributed by atoms with Gasteiger partial charge in [-0.2, -0.15) is 5.10 Å². The van der Waals surface area contributed by atoms with Crippen molar-refractivity contribution in [1.29, 1.82) is 0 Å². The quantitative estimate of drug-likeness (QED) is 0.569. The van der Waals surface area contributed by atoms with Crippen molar-refractivity contribution >= 4 is 40.6 Å². The topological polar surface area (TPSA) is 57.0 Å². The summed E-state index contributed by atoms with van der Waals surface area (Å²) in [7, 11) is 0. The Morgan fingerprint density at radius 2 is 1.84 bits per heavy atom. The van der Waals surface area contributed by atoms with Crippen molar-refractivity contribution < 1.29 is 9.53 Å². The Labute approximate surface area is 159 Å². The van der Waals surface area contributed by atoms with E-state index in [-0.39, 0.29) is 16.4 Å². The van der Waals surface area contributed by atoms with E-state index in [1.807, 2.05) is 6.92 Å². The van der Waals surface area contributed by atoms with Crippen LogP contribution in [0, 0.1) is 6.92 Å². The van der Waals surface area contributed by atoms with E-state index in [1.54, 1.807) is 30.3 Å². The molecular formula is C17H12Cl3N3O2. The molecule has 8 heteroatoms. The molecule has 0 amide bonds. The molecule has 1 atom stereocenters. The minimum Gasteiger partial charge on any atom is -0.461 e. The van der Waals surface area contributed by atoms with Crippen LogP contribution in [0.25, 0.3) is 0 Å². The minimum atomic E-state index is -1.07. The number of nitrogens with zero attached hydrogens (tertiary/aromatic N) is 3. The first-order valence-corrected chi connectivity index (χ1v) is 8.35. The maximum absolute atomic E-state index is 13.0. The number of hydrogen-bond donors (Lipinski definition) is 0. The first-order chi connectivity index (χ1) is 12.0. The van der Waals surface area contributed by atoms with Gasteiger partial charge in [0.1, 0.15) is 18.4 Å². The van der Waals surface area contributed by atoms with E-state index < -0.39 is 6.23 Å². The summed E-state index contributed by atoms with van der Waals surface area (Å²) in [5.41, 5.74) is 1.06. The molecule has 2 aromatic carbocycles. The van der Waals surface area contributed by atoms with Crippen LogP contribution >= 0.6 is 34.8 Å². The molecule has 0 radical (unpaired) electrons. The van der Waals surface area contributed by atoms with Gasteiger partial charge < -0.3 is 4.74 Å². The van der Waals surface area contributed by atoms with Gasteiger partial charge in [0.25, 0.3) is 6.23 Å². The highest BCUT2D eigenvalue weighted by atomic mass is 35.5. The number of aryl methyl sites for hydroxylation is 1. The number of Topliss-reactive ketones (excluding diaryl/α,β-unsaturated/α-hetero) is 1. The first kappa shape index (κ1) is 17.7. The number of ether oxygens (including phenoxy) is 1. The van der Waals surface area contributed by atoms with Crippen molar-refractivity contribution in [3.05, 3.63) is 75.2 Å². The molecule has 0 aliphatic rings. The van der Waals surface area contributed by atoms with Gasteiger partial charge in [-0.15, -0.1) is 0 Å². The van der Waals surface area contributed by atoms with Crippen molar-refractivity contribution in [1.82, 2.24) is 14.8 Å². The number of ketones is 1. The van der Waals surface area contributed by atoms with E-state index >= 15 is 0 Å². The summed E-state index contributed by atoms with van der Waals surface area (Å²) in [6.07, 6.45) is 1.65. The lowest BCUT2D eigenvalue weighted by Gasteiger charge is -2.20. The maximum atomic E-state index is 13.0. The second-order valence-electron chi connectivity index (χ2n) is 5.24. The number of benzene rings is 2. The number of halogens is 3. The molecule has 0 aliphatic carbocycles. The van der Waals surface area contributed by atoms with E-state index in [2.05, 4.69) is 10.1 Å². The molecule has 1 heterocycles. The van der Waals surface area contributed by atoms with Crippen molar-refractivity contribution in [3.8, 4) is 5.75 Å². The summed E-state index contributed by atoms with van der Waals surface area (Å²) in [6.45, 7) is 1.83. The lowest BCUT2D eigenvalue weighted by Crippen LogP contribution is -2.26. The largest absolute Gasteiger partial charge is 0.461 e. The standard InChI is InChI=1S/C17H12Cl3N3O2/c1-10-6-11(18)3-5-15(10)25-17(23-9-21-8-22-23)16(24)13-4-2-12(19)7-14(13)20/h2-9,17H,1H3. The van der Waals surface area contributed by atoms with Gasteiger partial charge in [0.05, 0.1) is 5.02 Å². The van der Waals surface area contributed by atoms with Gasteiger partial charge in [0, 0.05) is 15.6 Å². The van der Waals surface area contributed by atoms with Crippen molar-refractivity contribution in [2.45, 2.75) is 13.2 Å². The molecule has 3 aromatic rings. The second-order valence-corrected chi connectivity index (χ2v) is 6.52. The van der Waals surface area contributed by atoms with Crippen LogP contribution in [0.3, 0.4) is 0 Å². The average Bonchev–Trinajstić information content (AvgIpc) is 3.08. The van der Waals surface area contributed by atoms with Gasteiger partial charge in [-0.1, -0.05) is 34.8 Å². The number of carbonyl (C=O) groups excluding carboxylic acids is 1. The van der Waals surface area contributed by atoms with Crippen LogP contribution in [0.15, 0.2) is 49.1 Å². The molecule has 25 heavy (non-hydrogen) atoms. The Bertz CT molecular complexity index is 914. The van der Waals surface area contributed by atoms with Crippen molar-refractivity contribution in [3.63, 3.8) is 0 Å². The third kappa shape index (κ3) is 3.95. The van der Waals surface area contributed by atoms with Crippen LogP contribution in [-0.4, -0.2) is 20.5 Å². The van der Waals surface area contributed by atoms with Gasteiger partial charge in [0.2, 0.25) is 5.78 Å². The molecule has 3 rings (SSSR count). The fourth-order valence-electron chi connectivity index (χ4n) is 2.25. The van der Waals surface area contributed by atoms with Crippen LogP contribution in [0.4, 0.5) is 0 Å².